The van der Waals surface area contributed by atoms with Gasteiger partial charge in [0.05, 0.1) is 5.54 Å². The molecule has 0 radical (unpaired) electrons. The van der Waals surface area contributed by atoms with Gasteiger partial charge in [-0.3, -0.25) is 4.79 Å². The Labute approximate surface area is 113 Å². The molecule has 5 nitrogen and oxygen atoms in total. The van der Waals surface area contributed by atoms with Crippen molar-refractivity contribution in [1.82, 2.24) is 5.32 Å². The van der Waals surface area contributed by atoms with Crippen LogP contribution in [0.5, 0.6) is 0 Å². The summed E-state index contributed by atoms with van der Waals surface area (Å²) in [5.74, 6) is -0.524. The fourth-order valence-electron chi connectivity index (χ4n) is 2.87. The van der Waals surface area contributed by atoms with E-state index in [1.54, 1.807) is 6.92 Å². The molecule has 19 heavy (non-hydrogen) atoms. The lowest BCUT2D eigenvalue weighted by molar-refractivity contribution is -0.150. The van der Waals surface area contributed by atoms with Crippen LogP contribution in [0.15, 0.2) is 0 Å². The van der Waals surface area contributed by atoms with Crippen LogP contribution in [0.1, 0.15) is 52.4 Å². The summed E-state index contributed by atoms with van der Waals surface area (Å²) in [5.41, 5.74) is 4.01. The van der Waals surface area contributed by atoms with Gasteiger partial charge < -0.3 is 16.2 Å². The van der Waals surface area contributed by atoms with Crippen LogP contribution < -0.4 is 11.1 Å². The first kappa shape index (κ1) is 14.3. The Hall–Kier alpha value is -1.10. The fourth-order valence-corrected chi connectivity index (χ4v) is 2.87. The summed E-state index contributed by atoms with van der Waals surface area (Å²) in [6.07, 6.45) is 4.57. The quantitative estimate of drug-likeness (QED) is 0.715. The number of carboxylic acids is 1. The molecule has 1 atom stereocenters. The molecule has 1 amide bonds. The van der Waals surface area contributed by atoms with Crippen LogP contribution in [0.4, 0.5) is 0 Å². The molecule has 2 rings (SSSR count). The maximum Gasteiger partial charge on any atom is 0.329 e. The van der Waals surface area contributed by atoms with E-state index in [2.05, 4.69) is 12.2 Å². The maximum absolute atomic E-state index is 12.3. The van der Waals surface area contributed by atoms with Crippen LogP contribution in [0.2, 0.25) is 0 Å². The van der Waals surface area contributed by atoms with E-state index >= 15 is 0 Å². The van der Waals surface area contributed by atoms with Crippen molar-refractivity contribution in [3.05, 3.63) is 0 Å². The largest absolute Gasteiger partial charge is 0.480 e. The predicted molar refractivity (Wildman–Crippen MR) is 71.5 cm³/mol. The van der Waals surface area contributed by atoms with Gasteiger partial charge in [0.2, 0.25) is 5.91 Å². The first-order valence-electron chi connectivity index (χ1n) is 7.13. The third-order valence-corrected chi connectivity index (χ3v) is 4.80. The molecule has 1 unspecified atom stereocenters. The summed E-state index contributed by atoms with van der Waals surface area (Å²) in [4.78, 5) is 23.9. The number of carboxylic acid groups (broad SMARTS) is 1. The van der Waals surface area contributed by atoms with Crippen molar-refractivity contribution in [2.45, 2.75) is 63.5 Å². The Kier molecular flexibility index (Phi) is 3.60. The number of amides is 1. The van der Waals surface area contributed by atoms with E-state index in [1.165, 1.54) is 0 Å². The van der Waals surface area contributed by atoms with E-state index in [0.29, 0.717) is 18.8 Å². The van der Waals surface area contributed by atoms with Gasteiger partial charge in [0.25, 0.3) is 0 Å². The summed E-state index contributed by atoms with van der Waals surface area (Å²) in [7, 11) is 0. The number of nitrogens with one attached hydrogen (secondary N) is 1. The van der Waals surface area contributed by atoms with E-state index in [0.717, 1.165) is 25.7 Å². The summed E-state index contributed by atoms with van der Waals surface area (Å²) < 4.78 is 0. The molecule has 5 heteroatoms. The first-order valence-corrected chi connectivity index (χ1v) is 7.13. The number of carbonyl (C=O) groups is 2. The van der Waals surface area contributed by atoms with Gasteiger partial charge in [-0.1, -0.05) is 6.92 Å². The van der Waals surface area contributed by atoms with E-state index in [4.69, 9.17) is 5.73 Å². The summed E-state index contributed by atoms with van der Waals surface area (Å²) in [6.45, 7) is 3.83. The van der Waals surface area contributed by atoms with Gasteiger partial charge in [-0.15, -0.1) is 0 Å². The van der Waals surface area contributed by atoms with Crippen LogP contribution in [0, 0.1) is 11.8 Å². The number of rotatable bonds is 4. The van der Waals surface area contributed by atoms with E-state index < -0.39 is 17.0 Å². The summed E-state index contributed by atoms with van der Waals surface area (Å²) >= 11 is 0. The highest BCUT2D eigenvalue weighted by atomic mass is 16.4. The van der Waals surface area contributed by atoms with Crippen molar-refractivity contribution in [1.29, 1.82) is 0 Å². The van der Waals surface area contributed by atoms with Gasteiger partial charge >= 0.3 is 5.97 Å². The van der Waals surface area contributed by atoms with Gasteiger partial charge in [0.15, 0.2) is 0 Å². The molecule has 2 saturated carbocycles. The van der Waals surface area contributed by atoms with Gasteiger partial charge in [-0.05, 0) is 57.3 Å². The summed E-state index contributed by atoms with van der Waals surface area (Å²) in [5, 5.41) is 12.2. The Balaban J connectivity index is 2.09. The molecule has 0 bridgehead atoms. The Morgan fingerprint density at radius 3 is 2.21 bits per heavy atom. The summed E-state index contributed by atoms with van der Waals surface area (Å²) in [6, 6.07) is 0. The van der Waals surface area contributed by atoms with Crippen molar-refractivity contribution in [3.8, 4) is 0 Å². The highest BCUT2D eigenvalue weighted by Gasteiger charge is 2.49. The van der Waals surface area contributed by atoms with Gasteiger partial charge in [0, 0.05) is 0 Å². The fraction of sp³-hybridized carbons (Fsp3) is 0.857. The number of hydrogen-bond donors (Lipinski definition) is 3. The molecular weight excluding hydrogens is 244 g/mol. The van der Waals surface area contributed by atoms with Crippen molar-refractivity contribution < 1.29 is 14.7 Å². The normalized spacial score (nSPS) is 34.4. The molecular formula is C14H24N2O3. The SMILES string of the molecule is CC1CCC(NC(=O)C(C)(N)C2CC2)(C(=O)O)CC1. The third-order valence-electron chi connectivity index (χ3n) is 4.80. The molecule has 4 N–H and O–H groups in total. The standard InChI is InChI=1S/C14H24N2O3/c1-9-5-7-14(8-6-9,12(18)19)16-11(17)13(2,15)10-3-4-10/h9-10H,3-8,15H2,1-2H3,(H,16,17)(H,18,19). The maximum atomic E-state index is 12.3. The smallest absolute Gasteiger partial charge is 0.329 e. The monoisotopic (exact) mass is 268 g/mol. The number of nitrogens with two attached hydrogens (primary N) is 1. The lowest BCUT2D eigenvalue weighted by Gasteiger charge is -2.38. The van der Waals surface area contributed by atoms with Crippen LogP contribution in [-0.4, -0.2) is 28.1 Å². The first-order chi connectivity index (χ1) is 8.78. The Morgan fingerprint density at radius 2 is 1.79 bits per heavy atom. The molecule has 2 fully saturated rings. The van der Waals surface area contributed by atoms with Crippen molar-refractivity contribution in [2.75, 3.05) is 0 Å². The molecule has 2 aliphatic rings. The molecule has 0 aromatic rings. The zero-order valence-electron chi connectivity index (χ0n) is 11.7. The number of carbonyl (C=O) groups excluding carboxylic acids is 1. The molecule has 0 saturated heterocycles. The van der Waals surface area contributed by atoms with E-state index in [1.807, 2.05) is 0 Å². The van der Waals surface area contributed by atoms with Crippen molar-refractivity contribution in [2.24, 2.45) is 17.6 Å². The van der Waals surface area contributed by atoms with Gasteiger partial charge in [-0.25, -0.2) is 4.79 Å². The van der Waals surface area contributed by atoms with Gasteiger partial charge in [0.1, 0.15) is 5.54 Å². The Morgan fingerprint density at radius 1 is 1.26 bits per heavy atom. The number of aliphatic carboxylic acids is 1. The molecule has 0 aromatic carbocycles. The van der Waals surface area contributed by atoms with Crippen LogP contribution in [-0.2, 0) is 9.59 Å². The minimum absolute atomic E-state index is 0.195. The topological polar surface area (TPSA) is 92.4 Å². The second-order valence-electron chi connectivity index (χ2n) is 6.58. The zero-order valence-corrected chi connectivity index (χ0v) is 11.7. The lowest BCUT2D eigenvalue weighted by Crippen LogP contribution is -2.63. The molecule has 0 aromatic heterocycles. The average Bonchev–Trinajstić information content (AvgIpc) is 3.16. The minimum Gasteiger partial charge on any atom is -0.480 e. The highest BCUT2D eigenvalue weighted by molar-refractivity contribution is 5.92. The molecule has 0 heterocycles. The van der Waals surface area contributed by atoms with Crippen LogP contribution in [0.25, 0.3) is 0 Å². The van der Waals surface area contributed by atoms with Crippen LogP contribution >= 0.6 is 0 Å². The lowest BCUT2D eigenvalue weighted by atomic mass is 9.76. The van der Waals surface area contributed by atoms with Gasteiger partial charge in [-0.2, -0.15) is 0 Å². The molecule has 0 spiro atoms. The minimum atomic E-state index is -1.11. The second kappa shape index (κ2) is 4.78. The van der Waals surface area contributed by atoms with Crippen molar-refractivity contribution in [3.63, 3.8) is 0 Å². The van der Waals surface area contributed by atoms with E-state index in [9.17, 15) is 14.7 Å². The highest BCUT2D eigenvalue weighted by Crippen LogP contribution is 2.39. The Bertz CT molecular complexity index is 380. The molecule has 2 aliphatic carbocycles. The third kappa shape index (κ3) is 2.76. The molecule has 0 aliphatic heterocycles. The predicted octanol–water partition coefficient (Wildman–Crippen LogP) is 1.26. The molecule has 108 valence electrons. The van der Waals surface area contributed by atoms with E-state index in [-0.39, 0.29) is 11.8 Å². The van der Waals surface area contributed by atoms with Crippen molar-refractivity contribution >= 4 is 11.9 Å². The second-order valence-corrected chi connectivity index (χ2v) is 6.58. The zero-order chi connectivity index (χ0) is 14.3. The van der Waals surface area contributed by atoms with Crippen LogP contribution in [0.3, 0.4) is 0 Å². The average molecular weight is 268 g/mol. The number of hydrogen-bond acceptors (Lipinski definition) is 3.